The maximum absolute atomic E-state index is 11.5. The first kappa shape index (κ1) is 20.2. The fourth-order valence-electron chi connectivity index (χ4n) is 2.79. The summed E-state index contributed by atoms with van der Waals surface area (Å²) < 4.78 is 1.09. The first-order chi connectivity index (χ1) is 12.5. The second-order valence-corrected chi connectivity index (χ2v) is 7.11. The van der Waals surface area contributed by atoms with E-state index in [-0.39, 0.29) is 18.5 Å². The Hall–Kier alpha value is -2.09. The number of imide groups is 1. The van der Waals surface area contributed by atoms with Crippen LogP contribution in [0.4, 0.5) is 4.79 Å². The summed E-state index contributed by atoms with van der Waals surface area (Å²) in [6.07, 6.45) is 2.04. The molecule has 1 aliphatic heterocycles. The molecule has 3 amide bonds. The van der Waals surface area contributed by atoms with Gasteiger partial charge in [-0.05, 0) is 30.0 Å². The molecule has 0 saturated carbocycles. The molecule has 0 spiro atoms. The average Bonchev–Trinajstić information content (AvgIpc) is 2.95. The van der Waals surface area contributed by atoms with Crippen molar-refractivity contribution in [3.05, 3.63) is 34.3 Å². The maximum atomic E-state index is 11.5. The van der Waals surface area contributed by atoms with Gasteiger partial charge in [-0.2, -0.15) is 0 Å². The summed E-state index contributed by atoms with van der Waals surface area (Å²) in [6.45, 7) is 3.84. The molecule has 1 unspecified atom stereocenters. The van der Waals surface area contributed by atoms with E-state index in [1.54, 1.807) is 7.05 Å². The summed E-state index contributed by atoms with van der Waals surface area (Å²) in [6, 6.07) is 8.03. The molecule has 2 rings (SSSR count). The number of amides is 3. The van der Waals surface area contributed by atoms with Gasteiger partial charge in [0, 0.05) is 31.2 Å². The Morgan fingerprint density at radius 3 is 2.81 bits per heavy atom. The van der Waals surface area contributed by atoms with Gasteiger partial charge in [-0.1, -0.05) is 41.4 Å². The number of hydrogen-bond donors (Lipinski definition) is 3. The van der Waals surface area contributed by atoms with Gasteiger partial charge in [-0.15, -0.1) is 0 Å². The van der Waals surface area contributed by atoms with Crippen LogP contribution < -0.4 is 16.0 Å². The van der Waals surface area contributed by atoms with E-state index in [1.807, 2.05) is 6.07 Å². The highest BCUT2D eigenvalue weighted by Gasteiger charge is 2.27. The van der Waals surface area contributed by atoms with Crippen LogP contribution in [-0.2, 0) is 11.2 Å². The van der Waals surface area contributed by atoms with Crippen LogP contribution in [0.2, 0.25) is 0 Å². The number of halogens is 1. The number of aliphatic imine (C=N–C) groups is 1. The van der Waals surface area contributed by atoms with E-state index in [2.05, 4.69) is 62.0 Å². The first-order valence-electron chi connectivity index (χ1n) is 8.80. The SMILES string of the molecule is CCC(CNC(=NC)NCCN1C(=O)CNC1=O)Cc1cccc(Br)c1. The van der Waals surface area contributed by atoms with Crippen molar-refractivity contribution in [2.24, 2.45) is 10.9 Å². The lowest BCUT2D eigenvalue weighted by atomic mass is 9.97. The highest BCUT2D eigenvalue weighted by atomic mass is 79.9. The molecule has 8 heteroatoms. The third-order valence-electron chi connectivity index (χ3n) is 4.34. The number of nitrogens with one attached hydrogen (secondary N) is 3. The normalized spacial score (nSPS) is 15.8. The molecule has 1 saturated heterocycles. The van der Waals surface area contributed by atoms with Crippen molar-refractivity contribution in [1.82, 2.24) is 20.9 Å². The quantitative estimate of drug-likeness (QED) is 0.337. The lowest BCUT2D eigenvalue weighted by molar-refractivity contribution is -0.124. The molecule has 1 aromatic carbocycles. The smallest absolute Gasteiger partial charge is 0.324 e. The Morgan fingerprint density at radius 2 is 2.19 bits per heavy atom. The fourth-order valence-corrected chi connectivity index (χ4v) is 3.23. The molecule has 26 heavy (non-hydrogen) atoms. The zero-order valence-corrected chi connectivity index (χ0v) is 16.8. The Labute approximate surface area is 162 Å². The third kappa shape index (κ3) is 6.01. The molecule has 7 nitrogen and oxygen atoms in total. The molecule has 0 bridgehead atoms. The number of carbonyl (C=O) groups is 2. The van der Waals surface area contributed by atoms with Crippen LogP contribution in [-0.4, -0.2) is 56.0 Å². The van der Waals surface area contributed by atoms with Crippen molar-refractivity contribution in [1.29, 1.82) is 0 Å². The molecule has 0 aliphatic carbocycles. The van der Waals surface area contributed by atoms with E-state index in [1.165, 1.54) is 10.5 Å². The second kappa shape index (κ2) is 10.2. The topological polar surface area (TPSA) is 85.8 Å². The summed E-state index contributed by atoms with van der Waals surface area (Å²) in [4.78, 5) is 28.5. The van der Waals surface area contributed by atoms with Crippen LogP contribution in [0.15, 0.2) is 33.7 Å². The maximum Gasteiger partial charge on any atom is 0.324 e. The number of nitrogens with zero attached hydrogens (tertiary/aromatic N) is 2. The van der Waals surface area contributed by atoms with Crippen LogP contribution in [0.5, 0.6) is 0 Å². The molecule has 1 aromatic rings. The van der Waals surface area contributed by atoms with E-state index < -0.39 is 0 Å². The highest BCUT2D eigenvalue weighted by Crippen LogP contribution is 2.16. The molecule has 0 radical (unpaired) electrons. The van der Waals surface area contributed by atoms with E-state index in [9.17, 15) is 9.59 Å². The minimum atomic E-state index is -0.334. The highest BCUT2D eigenvalue weighted by molar-refractivity contribution is 9.10. The molecule has 1 fully saturated rings. The number of hydrogen-bond acceptors (Lipinski definition) is 3. The lowest BCUT2D eigenvalue weighted by Crippen LogP contribution is -2.44. The standard InChI is InChI=1S/C18H26BrN5O2/c1-3-13(9-14-5-4-6-15(19)10-14)11-22-17(20-2)21-7-8-24-16(25)12-23-18(24)26/h4-6,10,13H,3,7-9,11-12H2,1-2H3,(H,23,26)(H2,20,21,22). The molecular formula is C18H26BrN5O2. The van der Waals surface area contributed by atoms with Gasteiger partial charge in [0.1, 0.15) is 0 Å². The monoisotopic (exact) mass is 423 g/mol. The lowest BCUT2D eigenvalue weighted by Gasteiger charge is -2.19. The van der Waals surface area contributed by atoms with Crippen LogP contribution in [0.1, 0.15) is 18.9 Å². The van der Waals surface area contributed by atoms with Crippen molar-refractivity contribution in [3.63, 3.8) is 0 Å². The summed E-state index contributed by atoms with van der Waals surface area (Å²) >= 11 is 3.51. The minimum Gasteiger partial charge on any atom is -0.356 e. The fraction of sp³-hybridized carbons (Fsp3) is 0.500. The number of guanidine groups is 1. The Kier molecular flexibility index (Phi) is 7.90. The Morgan fingerprint density at radius 1 is 1.38 bits per heavy atom. The van der Waals surface area contributed by atoms with Crippen molar-refractivity contribution >= 4 is 33.8 Å². The van der Waals surface area contributed by atoms with Crippen LogP contribution in [0, 0.1) is 5.92 Å². The van der Waals surface area contributed by atoms with Crippen molar-refractivity contribution in [2.45, 2.75) is 19.8 Å². The van der Waals surface area contributed by atoms with Gasteiger partial charge in [0.15, 0.2) is 5.96 Å². The van der Waals surface area contributed by atoms with Crippen LogP contribution >= 0.6 is 15.9 Å². The summed E-state index contributed by atoms with van der Waals surface area (Å²) in [5, 5.41) is 8.98. The van der Waals surface area contributed by atoms with Crippen molar-refractivity contribution < 1.29 is 9.59 Å². The van der Waals surface area contributed by atoms with E-state index >= 15 is 0 Å². The molecule has 1 atom stereocenters. The predicted molar refractivity (Wildman–Crippen MR) is 106 cm³/mol. The van der Waals surface area contributed by atoms with Gasteiger partial charge < -0.3 is 16.0 Å². The summed E-state index contributed by atoms with van der Waals surface area (Å²) in [7, 11) is 1.71. The van der Waals surface area contributed by atoms with Gasteiger partial charge in [-0.25, -0.2) is 4.79 Å². The zero-order valence-electron chi connectivity index (χ0n) is 15.2. The van der Waals surface area contributed by atoms with Crippen LogP contribution in [0.3, 0.4) is 0 Å². The van der Waals surface area contributed by atoms with Crippen molar-refractivity contribution in [2.75, 3.05) is 33.2 Å². The molecular weight excluding hydrogens is 398 g/mol. The predicted octanol–water partition coefficient (Wildman–Crippen LogP) is 1.73. The summed E-state index contributed by atoms with van der Waals surface area (Å²) in [5.74, 6) is 0.957. The third-order valence-corrected chi connectivity index (χ3v) is 4.83. The zero-order chi connectivity index (χ0) is 18.9. The largest absolute Gasteiger partial charge is 0.356 e. The molecule has 1 aliphatic rings. The number of rotatable bonds is 8. The first-order valence-corrected chi connectivity index (χ1v) is 9.60. The Balaban J connectivity index is 1.76. The van der Waals surface area contributed by atoms with E-state index in [0.29, 0.717) is 25.0 Å². The van der Waals surface area contributed by atoms with Crippen molar-refractivity contribution in [3.8, 4) is 0 Å². The molecule has 142 valence electrons. The van der Waals surface area contributed by atoms with Crippen LogP contribution in [0.25, 0.3) is 0 Å². The number of benzene rings is 1. The molecule has 3 N–H and O–H groups in total. The van der Waals surface area contributed by atoms with E-state index in [0.717, 1.165) is 23.9 Å². The van der Waals surface area contributed by atoms with Gasteiger partial charge in [0.25, 0.3) is 0 Å². The van der Waals surface area contributed by atoms with Gasteiger partial charge in [-0.3, -0.25) is 14.7 Å². The molecule has 0 aromatic heterocycles. The summed E-state index contributed by atoms with van der Waals surface area (Å²) in [5.41, 5.74) is 1.30. The number of carbonyl (C=O) groups excluding carboxylic acids is 2. The van der Waals surface area contributed by atoms with E-state index in [4.69, 9.17) is 0 Å². The average molecular weight is 424 g/mol. The van der Waals surface area contributed by atoms with Gasteiger partial charge in [0.05, 0.1) is 6.54 Å². The number of urea groups is 1. The van der Waals surface area contributed by atoms with Gasteiger partial charge >= 0.3 is 6.03 Å². The Bertz CT molecular complexity index is 649. The molecule has 1 heterocycles. The second-order valence-electron chi connectivity index (χ2n) is 6.19. The minimum absolute atomic E-state index is 0.0829. The van der Waals surface area contributed by atoms with Gasteiger partial charge in [0.2, 0.25) is 5.91 Å².